The molecule has 1 saturated heterocycles. The van der Waals surface area contributed by atoms with E-state index in [9.17, 15) is 33.9 Å². The zero-order valence-corrected chi connectivity index (χ0v) is 32.9. The number of nitrogens with one attached hydrogen (secondary N) is 5. The van der Waals surface area contributed by atoms with E-state index >= 15 is 0 Å². The minimum absolute atomic E-state index is 0.000214. The molecule has 15 nitrogen and oxygen atoms in total. The number of ether oxygens (including phenoxy) is 1. The fourth-order valence-corrected chi connectivity index (χ4v) is 6.41. The van der Waals surface area contributed by atoms with Crippen molar-refractivity contribution in [1.82, 2.24) is 36.1 Å². The number of aliphatic hydroxyl groups is 1. The fourth-order valence-electron chi connectivity index (χ4n) is 6.41. The molecule has 0 unspecified atom stereocenters. The zero-order chi connectivity index (χ0) is 39.5. The average Bonchev–Trinajstić information content (AvgIpc) is 3.65. The van der Waals surface area contributed by atoms with Gasteiger partial charge in [-0.3, -0.25) is 28.8 Å². The Morgan fingerprint density at radius 3 is 2.09 bits per heavy atom. The van der Waals surface area contributed by atoms with Gasteiger partial charge >= 0.3 is 5.97 Å². The first-order valence-corrected chi connectivity index (χ1v) is 19.5. The van der Waals surface area contributed by atoms with Crippen LogP contribution in [0.25, 0.3) is 0 Å². The van der Waals surface area contributed by atoms with Gasteiger partial charge in [0.2, 0.25) is 29.5 Å². The van der Waals surface area contributed by atoms with Crippen LogP contribution in [0.1, 0.15) is 118 Å². The Hall–Kier alpha value is -4.01. The second-order valence-electron chi connectivity index (χ2n) is 14.8. The molecule has 7 atom stereocenters. The van der Waals surface area contributed by atoms with Crippen molar-refractivity contribution in [3.8, 4) is 0 Å². The molecule has 2 rings (SSSR count). The number of H-pyrrole nitrogens is 1. The quantitative estimate of drug-likeness (QED) is 0.108. The number of imidazole rings is 1. The molecule has 0 spiro atoms. The van der Waals surface area contributed by atoms with Gasteiger partial charge in [-0.2, -0.15) is 0 Å². The summed E-state index contributed by atoms with van der Waals surface area (Å²) < 4.78 is 5.88. The van der Waals surface area contributed by atoms with Crippen molar-refractivity contribution < 1.29 is 38.6 Å². The molecule has 1 aliphatic heterocycles. The predicted molar refractivity (Wildman–Crippen MR) is 200 cm³/mol. The van der Waals surface area contributed by atoms with E-state index in [2.05, 4.69) is 38.2 Å². The largest absolute Gasteiger partial charge is 0.460 e. The number of aliphatic hydroxyl groups excluding tert-OH is 1. The molecule has 300 valence electrons. The van der Waals surface area contributed by atoms with Gasteiger partial charge in [0.15, 0.2) is 0 Å². The fraction of sp³-hybridized carbons (Fsp3) is 0.763. The third-order valence-corrected chi connectivity index (χ3v) is 10.0. The van der Waals surface area contributed by atoms with Crippen LogP contribution in [0.4, 0.5) is 0 Å². The number of hydrogen-bond acceptors (Lipinski definition) is 9. The highest BCUT2D eigenvalue weighted by atomic mass is 16.5. The second-order valence-corrected chi connectivity index (χ2v) is 14.8. The van der Waals surface area contributed by atoms with Gasteiger partial charge in [-0.25, -0.2) is 4.98 Å². The first-order chi connectivity index (χ1) is 25.2. The van der Waals surface area contributed by atoms with Crippen molar-refractivity contribution in [1.29, 1.82) is 0 Å². The lowest BCUT2D eigenvalue weighted by atomic mass is 9.94. The molecule has 1 aliphatic rings. The van der Waals surface area contributed by atoms with Gasteiger partial charge in [-0.15, -0.1) is 0 Å². The summed E-state index contributed by atoms with van der Waals surface area (Å²) in [7, 11) is 1.54. The number of carbonyl (C=O) groups excluding carboxylic acids is 6. The summed E-state index contributed by atoms with van der Waals surface area (Å²) in [5.41, 5.74) is 0.438. The SMILES string of the molecule is CCCCCCCCCC[C@H]1OC(=O)CNC(=O)[C@H](Cc2c[nH]cn2)NC(=O)[C@H](CO)NC(=O)[C@H]([C@@H](C)CC)NC(=O)[C@H](CC(C)C)N(C)C(=O)[C@@H]1C. The molecule has 1 fully saturated rings. The molecule has 0 aliphatic carbocycles. The maximum atomic E-state index is 14.1. The van der Waals surface area contributed by atoms with Gasteiger partial charge < -0.3 is 41.0 Å². The Balaban J connectivity index is 2.48. The smallest absolute Gasteiger partial charge is 0.325 e. The Morgan fingerprint density at radius 2 is 1.51 bits per heavy atom. The summed E-state index contributed by atoms with van der Waals surface area (Å²) in [6.07, 6.45) is 11.7. The summed E-state index contributed by atoms with van der Waals surface area (Å²) >= 11 is 0. The maximum Gasteiger partial charge on any atom is 0.325 e. The maximum absolute atomic E-state index is 14.1. The molecule has 6 N–H and O–H groups in total. The summed E-state index contributed by atoms with van der Waals surface area (Å²) in [5.74, 6) is -5.19. The van der Waals surface area contributed by atoms with Crippen LogP contribution < -0.4 is 21.3 Å². The van der Waals surface area contributed by atoms with E-state index in [0.717, 1.165) is 25.7 Å². The van der Waals surface area contributed by atoms with Crippen LogP contribution in [0.2, 0.25) is 0 Å². The van der Waals surface area contributed by atoms with E-state index in [4.69, 9.17) is 4.74 Å². The molecule has 0 saturated carbocycles. The highest BCUT2D eigenvalue weighted by Gasteiger charge is 2.38. The van der Waals surface area contributed by atoms with Gasteiger partial charge in [-0.1, -0.05) is 92.9 Å². The van der Waals surface area contributed by atoms with Gasteiger partial charge in [-0.05, 0) is 31.1 Å². The summed E-state index contributed by atoms with van der Waals surface area (Å²) in [6.45, 7) is 9.99. The van der Waals surface area contributed by atoms with Crippen molar-refractivity contribution in [2.24, 2.45) is 17.8 Å². The predicted octanol–water partition coefficient (Wildman–Crippen LogP) is 2.53. The van der Waals surface area contributed by atoms with Crippen LogP contribution in [-0.4, -0.2) is 106 Å². The zero-order valence-electron chi connectivity index (χ0n) is 32.9. The normalized spacial score (nSPS) is 25.0. The number of unbranched alkanes of at least 4 members (excludes halogenated alkanes) is 7. The van der Waals surface area contributed by atoms with Crippen molar-refractivity contribution in [3.05, 3.63) is 18.2 Å². The molecular weight excluding hydrogens is 682 g/mol. The molecule has 0 bridgehead atoms. The van der Waals surface area contributed by atoms with E-state index in [1.54, 1.807) is 20.0 Å². The van der Waals surface area contributed by atoms with E-state index in [1.807, 2.05) is 20.8 Å². The van der Waals surface area contributed by atoms with Crippen LogP contribution in [0.3, 0.4) is 0 Å². The monoisotopic (exact) mass is 747 g/mol. The average molecular weight is 748 g/mol. The number of esters is 1. The number of cyclic esters (lactones) is 1. The molecule has 0 radical (unpaired) electrons. The first kappa shape index (κ1) is 45.1. The summed E-state index contributed by atoms with van der Waals surface area (Å²) in [4.78, 5) is 90.1. The minimum Gasteiger partial charge on any atom is -0.460 e. The minimum atomic E-state index is -1.47. The molecule has 1 aromatic rings. The van der Waals surface area contributed by atoms with Gasteiger partial charge in [0.1, 0.15) is 36.8 Å². The van der Waals surface area contributed by atoms with Gasteiger partial charge in [0.05, 0.1) is 24.5 Å². The van der Waals surface area contributed by atoms with Crippen molar-refractivity contribution >= 4 is 35.5 Å². The topological polar surface area (TPSA) is 212 Å². The lowest BCUT2D eigenvalue weighted by Gasteiger charge is -2.34. The number of carbonyl (C=O) groups is 6. The van der Waals surface area contributed by atoms with E-state index < -0.39 is 84.8 Å². The highest BCUT2D eigenvalue weighted by molar-refractivity contribution is 5.96. The number of amides is 5. The number of likely N-dealkylation sites (N-methyl/N-ethyl adjacent to an activating group) is 1. The Labute approximate surface area is 314 Å². The highest BCUT2D eigenvalue weighted by Crippen LogP contribution is 2.22. The van der Waals surface area contributed by atoms with Crippen LogP contribution in [0.5, 0.6) is 0 Å². The third kappa shape index (κ3) is 15.1. The Bertz CT molecular complexity index is 1310. The van der Waals surface area contributed by atoms with Crippen molar-refractivity contribution in [2.75, 3.05) is 20.2 Å². The van der Waals surface area contributed by atoms with Crippen LogP contribution in [0.15, 0.2) is 12.5 Å². The van der Waals surface area contributed by atoms with Crippen LogP contribution in [-0.2, 0) is 39.9 Å². The lowest BCUT2D eigenvalue weighted by molar-refractivity contribution is -0.157. The standard InChI is InChI=1S/C38H65N7O8/c1-8-10-11-12-13-14-15-16-17-31-26(6)38(52)45(7)30(18-24(3)4)36(50)44-33(25(5)9-2)37(51)43-29(22-46)35(49)42-28(19-27-20-39-23-41-27)34(48)40-21-32(47)53-31/h20,23-26,28-31,33,46H,8-19,21-22H2,1-7H3,(H,39,41)(H,40,48)(H,42,49)(H,43,51)(H,44,50)/t25-,26+,28-,29-,30-,31+,33-/m0/s1. The Kier molecular flexibility index (Phi) is 20.1. The number of rotatable bonds is 16. The number of aromatic nitrogens is 2. The molecule has 0 aromatic carbocycles. The van der Waals surface area contributed by atoms with Gasteiger partial charge in [0, 0.05) is 19.7 Å². The van der Waals surface area contributed by atoms with Crippen molar-refractivity contribution in [2.45, 2.75) is 149 Å². The van der Waals surface area contributed by atoms with E-state index in [0.29, 0.717) is 31.4 Å². The molecule has 5 amide bonds. The molecule has 53 heavy (non-hydrogen) atoms. The molecule has 15 heteroatoms. The Morgan fingerprint density at radius 1 is 0.868 bits per heavy atom. The lowest BCUT2D eigenvalue weighted by Crippen LogP contribution is -2.60. The number of aromatic amines is 1. The summed E-state index contributed by atoms with van der Waals surface area (Å²) in [5, 5.41) is 20.6. The number of hydrogen-bond donors (Lipinski definition) is 6. The second kappa shape index (κ2) is 23.6. The van der Waals surface area contributed by atoms with E-state index in [1.165, 1.54) is 37.5 Å². The first-order valence-electron chi connectivity index (χ1n) is 19.5. The number of nitrogens with zero attached hydrogens (tertiary/aromatic N) is 2. The third-order valence-electron chi connectivity index (χ3n) is 10.0. The molecule has 2 heterocycles. The van der Waals surface area contributed by atoms with Gasteiger partial charge in [0.25, 0.3) is 0 Å². The molecule has 1 aromatic heterocycles. The van der Waals surface area contributed by atoms with E-state index in [-0.39, 0.29) is 18.3 Å². The van der Waals surface area contributed by atoms with Crippen molar-refractivity contribution in [3.63, 3.8) is 0 Å². The summed E-state index contributed by atoms with van der Waals surface area (Å²) in [6, 6.07) is -4.77. The van der Waals surface area contributed by atoms with Crippen LogP contribution in [0, 0.1) is 17.8 Å². The molecular formula is C38H65N7O8. The van der Waals surface area contributed by atoms with Crippen LogP contribution >= 0.6 is 0 Å².